The fraction of sp³-hybridized carbons (Fsp3) is 0.143. The van der Waals surface area contributed by atoms with Crippen LogP contribution in [-0.4, -0.2) is 5.11 Å². The molecule has 0 amide bonds. The van der Waals surface area contributed by atoms with Crippen LogP contribution < -0.4 is 0 Å². The lowest BCUT2D eigenvalue weighted by atomic mass is 10.2. The van der Waals surface area contributed by atoms with Crippen LogP contribution >= 0.6 is 0 Å². The van der Waals surface area contributed by atoms with Gasteiger partial charge in [0.2, 0.25) is 0 Å². The van der Waals surface area contributed by atoms with E-state index >= 15 is 0 Å². The minimum atomic E-state index is 0.167. The van der Waals surface area contributed by atoms with Crippen LogP contribution in [0.25, 0.3) is 0 Å². The molecule has 10 heavy (non-hydrogen) atoms. The largest absolute Gasteiger partial charge is 0.508 e. The topological polar surface area (TPSA) is 49.7 Å². The van der Waals surface area contributed by atoms with Crippen molar-refractivity contribution in [1.29, 1.82) is 0 Å². The Labute approximate surface area is 58.3 Å². The molecule has 0 aliphatic heterocycles. The van der Waals surface area contributed by atoms with Crippen molar-refractivity contribution in [3.8, 4) is 5.75 Å². The van der Waals surface area contributed by atoms with E-state index in [0.717, 1.165) is 5.56 Å². The first-order valence-corrected chi connectivity index (χ1v) is 2.90. The van der Waals surface area contributed by atoms with Crippen LogP contribution in [-0.2, 0) is 6.54 Å². The molecule has 0 saturated carbocycles. The van der Waals surface area contributed by atoms with Crippen molar-refractivity contribution in [3.63, 3.8) is 0 Å². The number of nitroso groups, excluding NO2 is 1. The van der Waals surface area contributed by atoms with Gasteiger partial charge in [0.15, 0.2) is 0 Å². The maximum atomic E-state index is 9.75. The minimum absolute atomic E-state index is 0.167. The van der Waals surface area contributed by atoms with Crippen molar-refractivity contribution in [2.24, 2.45) is 5.18 Å². The number of phenols is 1. The van der Waals surface area contributed by atoms with E-state index in [1.165, 1.54) is 12.1 Å². The fourth-order valence-corrected chi connectivity index (χ4v) is 0.676. The monoisotopic (exact) mass is 137 g/mol. The molecular formula is C7H7NO2. The van der Waals surface area contributed by atoms with Gasteiger partial charge < -0.3 is 5.11 Å². The van der Waals surface area contributed by atoms with E-state index in [0.29, 0.717) is 0 Å². The van der Waals surface area contributed by atoms with Crippen LogP contribution in [0.1, 0.15) is 5.56 Å². The molecule has 0 unspecified atom stereocenters. The smallest absolute Gasteiger partial charge is 0.115 e. The zero-order valence-electron chi connectivity index (χ0n) is 5.32. The summed E-state index contributed by atoms with van der Waals surface area (Å²) in [5.74, 6) is 0.203. The summed E-state index contributed by atoms with van der Waals surface area (Å²) in [6.45, 7) is 0.167. The van der Waals surface area contributed by atoms with Crippen molar-refractivity contribution in [3.05, 3.63) is 34.7 Å². The third-order valence-corrected chi connectivity index (χ3v) is 1.18. The summed E-state index contributed by atoms with van der Waals surface area (Å²) in [5, 5.41) is 11.5. The van der Waals surface area contributed by atoms with E-state index in [-0.39, 0.29) is 12.3 Å². The van der Waals surface area contributed by atoms with Crippen molar-refractivity contribution in [2.75, 3.05) is 0 Å². The number of phenolic OH excluding ortho intramolecular Hbond substituents is 1. The van der Waals surface area contributed by atoms with E-state index < -0.39 is 0 Å². The quantitative estimate of drug-likeness (QED) is 0.630. The van der Waals surface area contributed by atoms with Crippen LogP contribution in [0.3, 0.4) is 0 Å². The van der Waals surface area contributed by atoms with Gasteiger partial charge in [-0.05, 0) is 17.7 Å². The van der Waals surface area contributed by atoms with Gasteiger partial charge in [-0.25, -0.2) is 0 Å². The number of rotatable bonds is 2. The molecule has 52 valence electrons. The Kier molecular flexibility index (Phi) is 1.99. The van der Waals surface area contributed by atoms with Gasteiger partial charge in [-0.15, -0.1) is 0 Å². The second-order valence-corrected chi connectivity index (χ2v) is 1.95. The molecule has 1 aromatic carbocycles. The average Bonchev–Trinajstić information content (AvgIpc) is 1.95. The molecule has 1 aromatic rings. The Balaban J connectivity index is 2.78. The van der Waals surface area contributed by atoms with Crippen molar-refractivity contribution in [2.45, 2.75) is 6.54 Å². The first-order chi connectivity index (χ1) is 4.83. The van der Waals surface area contributed by atoms with Gasteiger partial charge in [-0.3, -0.25) is 0 Å². The average molecular weight is 137 g/mol. The molecule has 3 heteroatoms. The highest BCUT2D eigenvalue weighted by molar-refractivity contribution is 5.25. The van der Waals surface area contributed by atoms with Crippen LogP contribution in [0, 0.1) is 4.91 Å². The Hall–Kier alpha value is -1.38. The predicted molar refractivity (Wildman–Crippen MR) is 37.6 cm³/mol. The lowest BCUT2D eigenvalue weighted by Gasteiger charge is -1.92. The Bertz CT molecular complexity index is 218. The minimum Gasteiger partial charge on any atom is -0.508 e. The van der Waals surface area contributed by atoms with Crippen molar-refractivity contribution >= 4 is 0 Å². The van der Waals surface area contributed by atoms with Gasteiger partial charge in [-0.1, -0.05) is 17.3 Å². The maximum absolute atomic E-state index is 9.75. The van der Waals surface area contributed by atoms with E-state index in [9.17, 15) is 4.91 Å². The highest BCUT2D eigenvalue weighted by atomic mass is 16.3. The molecule has 0 aliphatic carbocycles. The SMILES string of the molecule is O=NCc1ccc(O)cc1. The summed E-state index contributed by atoms with van der Waals surface area (Å²) in [6.07, 6.45) is 0. The molecule has 0 aromatic heterocycles. The molecule has 1 rings (SSSR count). The molecule has 0 aliphatic rings. The summed E-state index contributed by atoms with van der Waals surface area (Å²) in [4.78, 5) is 9.75. The van der Waals surface area contributed by atoms with E-state index in [1.54, 1.807) is 12.1 Å². The van der Waals surface area contributed by atoms with E-state index in [2.05, 4.69) is 5.18 Å². The summed E-state index contributed by atoms with van der Waals surface area (Å²) in [5.41, 5.74) is 0.813. The number of hydrogen-bond acceptors (Lipinski definition) is 3. The normalized spacial score (nSPS) is 9.20. The standard InChI is InChI=1S/C7H7NO2/c9-7-3-1-6(2-4-7)5-8-10/h1-4,9H,5H2. The highest BCUT2D eigenvalue weighted by Crippen LogP contribution is 2.09. The van der Waals surface area contributed by atoms with Crippen LogP contribution in [0.5, 0.6) is 5.75 Å². The maximum Gasteiger partial charge on any atom is 0.115 e. The van der Waals surface area contributed by atoms with Crippen LogP contribution in [0.15, 0.2) is 29.4 Å². The number of aromatic hydroxyl groups is 1. The van der Waals surface area contributed by atoms with Gasteiger partial charge in [0.1, 0.15) is 12.3 Å². The van der Waals surface area contributed by atoms with E-state index in [4.69, 9.17) is 5.11 Å². The molecule has 0 radical (unpaired) electrons. The van der Waals surface area contributed by atoms with Crippen LogP contribution in [0.2, 0.25) is 0 Å². The third kappa shape index (κ3) is 1.55. The Morgan fingerprint density at radius 3 is 2.40 bits per heavy atom. The lowest BCUT2D eigenvalue weighted by molar-refractivity contribution is 0.475. The van der Waals surface area contributed by atoms with Gasteiger partial charge in [0.25, 0.3) is 0 Å². The molecule has 1 N–H and O–H groups in total. The molecule has 0 fully saturated rings. The summed E-state index contributed by atoms with van der Waals surface area (Å²) >= 11 is 0. The molecule has 3 nitrogen and oxygen atoms in total. The zero-order chi connectivity index (χ0) is 7.40. The fourth-order valence-electron chi connectivity index (χ4n) is 0.676. The van der Waals surface area contributed by atoms with Gasteiger partial charge in [0.05, 0.1) is 0 Å². The summed E-state index contributed by atoms with van der Waals surface area (Å²) in [7, 11) is 0. The zero-order valence-corrected chi connectivity index (χ0v) is 5.32. The Morgan fingerprint density at radius 1 is 1.30 bits per heavy atom. The molecular weight excluding hydrogens is 130 g/mol. The molecule has 0 saturated heterocycles. The van der Waals surface area contributed by atoms with Gasteiger partial charge >= 0.3 is 0 Å². The highest BCUT2D eigenvalue weighted by Gasteiger charge is 1.90. The van der Waals surface area contributed by atoms with Crippen molar-refractivity contribution < 1.29 is 5.11 Å². The Morgan fingerprint density at radius 2 is 1.90 bits per heavy atom. The number of nitrogens with zero attached hydrogens (tertiary/aromatic N) is 1. The second-order valence-electron chi connectivity index (χ2n) is 1.95. The number of benzene rings is 1. The van der Waals surface area contributed by atoms with Crippen LogP contribution in [0.4, 0.5) is 0 Å². The first kappa shape index (κ1) is 6.74. The molecule has 0 atom stereocenters. The second kappa shape index (κ2) is 2.96. The summed E-state index contributed by atoms with van der Waals surface area (Å²) in [6, 6.07) is 6.38. The predicted octanol–water partition coefficient (Wildman–Crippen LogP) is 1.66. The number of hydrogen-bond donors (Lipinski definition) is 1. The first-order valence-electron chi connectivity index (χ1n) is 2.90. The van der Waals surface area contributed by atoms with Gasteiger partial charge in [0, 0.05) is 0 Å². The lowest BCUT2D eigenvalue weighted by Crippen LogP contribution is -1.77. The molecule has 0 heterocycles. The van der Waals surface area contributed by atoms with E-state index in [1.807, 2.05) is 0 Å². The van der Waals surface area contributed by atoms with Gasteiger partial charge in [-0.2, -0.15) is 4.91 Å². The third-order valence-electron chi connectivity index (χ3n) is 1.18. The summed E-state index contributed by atoms with van der Waals surface area (Å²) < 4.78 is 0. The molecule has 0 bridgehead atoms. The molecule has 0 spiro atoms. The van der Waals surface area contributed by atoms with Crippen molar-refractivity contribution in [1.82, 2.24) is 0 Å².